The molecule has 2 amide bonds. The Morgan fingerprint density at radius 1 is 1.12 bits per heavy atom. The van der Waals surface area contributed by atoms with Gasteiger partial charge in [-0.15, -0.1) is 0 Å². The number of hydrogen-bond donors (Lipinski definition) is 0. The lowest BCUT2D eigenvalue weighted by Gasteiger charge is -2.37. The van der Waals surface area contributed by atoms with Crippen LogP contribution in [0.15, 0.2) is 52.0 Å². The molecular formula is C23H19N3O6. The summed E-state index contributed by atoms with van der Waals surface area (Å²) < 4.78 is 11.0. The van der Waals surface area contributed by atoms with Crippen LogP contribution in [0.2, 0.25) is 0 Å². The van der Waals surface area contributed by atoms with E-state index in [4.69, 9.17) is 9.15 Å². The molecule has 1 aromatic heterocycles. The second kappa shape index (κ2) is 6.62. The van der Waals surface area contributed by atoms with Gasteiger partial charge in [0.2, 0.25) is 0 Å². The molecule has 7 rings (SSSR count). The minimum absolute atomic E-state index is 0.0930. The zero-order valence-corrected chi connectivity index (χ0v) is 17.1. The molecule has 3 fully saturated rings. The summed E-state index contributed by atoms with van der Waals surface area (Å²) in [7, 11) is 1.46. The maximum atomic E-state index is 13.0. The highest BCUT2D eigenvalue weighted by atomic mass is 16.6. The first-order valence-corrected chi connectivity index (χ1v) is 10.5. The summed E-state index contributed by atoms with van der Waals surface area (Å²) >= 11 is 0. The lowest BCUT2D eigenvalue weighted by Crippen LogP contribution is -2.40. The van der Waals surface area contributed by atoms with Crippen molar-refractivity contribution < 1.29 is 23.7 Å². The molecule has 0 radical (unpaired) electrons. The number of hydrogen-bond acceptors (Lipinski definition) is 7. The van der Waals surface area contributed by atoms with Gasteiger partial charge < -0.3 is 9.15 Å². The number of carbonyl (C=O) groups is 2. The molecule has 5 aliphatic rings. The van der Waals surface area contributed by atoms with Crippen molar-refractivity contribution in [1.29, 1.82) is 0 Å². The number of carbonyl (C=O) groups excluding carboxylic acids is 2. The lowest BCUT2D eigenvalue weighted by molar-refractivity contribution is -0.384. The zero-order valence-electron chi connectivity index (χ0n) is 17.1. The second-order valence-electron chi connectivity index (χ2n) is 8.73. The second-order valence-corrected chi connectivity index (χ2v) is 8.73. The van der Waals surface area contributed by atoms with Crippen LogP contribution < -0.4 is 4.74 Å². The lowest BCUT2D eigenvalue weighted by atomic mass is 9.63. The Bertz CT molecular complexity index is 1190. The third-order valence-electron chi connectivity index (χ3n) is 7.23. The summed E-state index contributed by atoms with van der Waals surface area (Å²) in [4.78, 5) is 36.6. The summed E-state index contributed by atoms with van der Waals surface area (Å²) in [6.45, 7) is 0. The number of hydrazone groups is 1. The summed E-state index contributed by atoms with van der Waals surface area (Å²) in [6.07, 6.45) is 6.67. The van der Waals surface area contributed by atoms with Crippen molar-refractivity contribution in [3.8, 4) is 17.1 Å². The Kier molecular flexibility index (Phi) is 3.93. The van der Waals surface area contributed by atoms with Gasteiger partial charge in [0.05, 0.1) is 35.6 Å². The average Bonchev–Trinajstić information content (AvgIpc) is 3.44. The number of nitrogens with zero attached hydrogens (tertiary/aromatic N) is 3. The molecule has 2 aromatic rings. The van der Waals surface area contributed by atoms with Gasteiger partial charge in [0.1, 0.15) is 17.3 Å². The number of amides is 2. The molecule has 0 unspecified atom stereocenters. The first-order valence-electron chi connectivity index (χ1n) is 10.5. The van der Waals surface area contributed by atoms with E-state index in [9.17, 15) is 19.7 Å². The van der Waals surface area contributed by atoms with Gasteiger partial charge in [-0.2, -0.15) is 10.1 Å². The van der Waals surface area contributed by atoms with Crippen molar-refractivity contribution in [2.24, 2.45) is 40.6 Å². The van der Waals surface area contributed by atoms with E-state index in [1.54, 1.807) is 12.1 Å². The van der Waals surface area contributed by atoms with Gasteiger partial charge in [0.25, 0.3) is 17.5 Å². The molecule has 0 spiro atoms. The van der Waals surface area contributed by atoms with E-state index in [2.05, 4.69) is 17.3 Å². The first kappa shape index (κ1) is 19.0. The van der Waals surface area contributed by atoms with Crippen molar-refractivity contribution >= 4 is 23.7 Å². The van der Waals surface area contributed by atoms with E-state index in [1.165, 1.54) is 31.5 Å². The molecule has 9 heteroatoms. The van der Waals surface area contributed by atoms with Gasteiger partial charge in [-0.05, 0) is 48.3 Å². The predicted molar refractivity (Wildman–Crippen MR) is 111 cm³/mol. The van der Waals surface area contributed by atoms with Gasteiger partial charge in [0, 0.05) is 12.1 Å². The molecule has 0 N–H and O–H groups in total. The number of furan rings is 1. The van der Waals surface area contributed by atoms with Crippen LogP contribution in [0.5, 0.6) is 5.75 Å². The molecular weight excluding hydrogens is 414 g/mol. The van der Waals surface area contributed by atoms with Gasteiger partial charge in [0.15, 0.2) is 0 Å². The monoisotopic (exact) mass is 433 g/mol. The fourth-order valence-electron chi connectivity index (χ4n) is 5.74. The van der Waals surface area contributed by atoms with E-state index in [-0.39, 0.29) is 41.2 Å². The van der Waals surface area contributed by atoms with Crippen molar-refractivity contribution in [2.75, 3.05) is 7.11 Å². The molecule has 32 heavy (non-hydrogen) atoms. The highest BCUT2D eigenvalue weighted by Crippen LogP contribution is 2.65. The summed E-state index contributed by atoms with van der Waals surface area (Å²) in [5, 5.41) is 16.3. The molecule has 9 nitrogen and oxygen atoms in total. The SMILES string of the molecule is COc1ccc([N+](=O)[O-])cc1-c1ccc(/C=N\N2C(=O)[C@@H]3[C@@H]4C=C[C@@H]([C@H]5C[C@@H]45)[C@@H]3C2=O)o1. The van der Waals surface area contributed by atoms with Crippen LogP contribution in [0.4, 0.5) is 5.69 Å². The molecule has 2 bridgehead atoms. The summed E-state index contributed by atoms with van der Waals surface area (Å²) in [5.41, 5.74) is 0.326. The Morgan fingerprint density at radius 3 is 2.44 bits per heavy atom. The molecule has 1 saturated heterocycles. The number of allylic oxidation sites excluding steroid dienone is 2. The van der Waals surface area contributed by atoms with Crippen LogP contribution in [-0.2, 0) is 9.59 Å². The Morgan fingerprint density at radius 2 is 1.81 bits per heavy atom. The van der Waals surface area contributed by atoms with Gasteiger partial charge >= 0.3 is 0 Å². The number of rotatable bonds is 5. The van der Waals surface area contributed by atoms with E-state index in [0.717, 1.165) is 11.4 Å². The van der Waals surface area contributed by atoms with Crippen LogP contribution in [0.3, 0.4) is 0 Å². The fourth-order valence-corrected chi connectivity index (χ4v) is 5.74. The largest absolute Gasteiger partial charge is 0.496 e. The predicted octanol–water partition coefficient (Wildman–Crippen LogP) is 3.25. The number of nitro groups is 1. The van der Waals surface area contributed by atoms with Crippen LogP contribution in [0, 0.1) is 45.6 Å². The highest BCUT2D eigenvalue weighted by molar-refractivity contribution is 6.06. The fraction of sp³-hybridized carbons (Fsp3) is 0.348. The quantitative estimate of drug-likeness (QED) is 0.235. The van der Waals surface area contributed by atoms with Crippen molar-refractivity contribution in [1.82, 2.24) is 5.01 Å². The molecule has 2 heterocycles. The number of nitro benzene ring substituents is 1. The molecule has 4 aliphatic carbocycles. The van der Waals surface area contributed by atoms with Gasteiger partial charge in [-0.25, -0.2) is 0 Å². The summed E-state index contributed by atoms with van der Waals surface area (Å²) in [5.74, 6) is 1.33. The van der Waals surface area contributed by atoms with Gasteiger partial charge in [-0.1, -0.05) is 12.2 Å². The smallest absolute Gasteiger partial charge is 0.270 e. The molecule has 1 aromatic carbocycles. The highest BCUT2D eigenvalue weighted by Gasteiger charge is 2.67. The van der Waals surface area contributed by atoms with Crippen LogP contribution in [0.1, 0.15) is 12.2 Å². The maximum Gasteiger partial charge on any atom is 0.270 e. The molecule has 6 atom stereocenters. The van der Waals surface area contributed by atoms with E-state index in [0.29, 0.717) is 34.7 Å². The average molecular weight is 433 g/mol. The molecule has 2 saturated carbocycles. The molecule has 162 valence electrons. The standard InChI is InChI=1S/C23H19N3O6/c1-31-18-6-2-11(26(29)30)8-17(18)19-7-3-12(32-19)10-24-25-22(27)20-13-4-5-14(16-9-15(13)16)21(20)23(25)28/h2-8,10,13-16,20-21H,9H2,1H3/b24-10-/t13-,14+,15+,16-,20-,21+. The molecule has 1 aliphatic heterocycles. The Balaban J connectivity index is 1.26. The van der Waals surface area contributed by atoms with E-state index < -0.39 is 4.92 Å². The topological polar surface area (TPSA) is 115 Å². The minimum Gasteiger partial charge on any atom is -0.496 e. The van der Waals surface area contributed by atoms with E-state index >= 15 is 0 Å². The van der Waals surface area contributed by atoms with Crippen LogP contribution in [0.25, 0.3) is 11.3 Å². The van der Waals surface area contributed by atoms with E-state index in [1.807, 2.05) is 0 Å². The van der Waals surface area contributed by atoms with Crippen molar-refractivity contribution in [3.63, 3.8) is 0 Å². The third kappa shape index (κ3) is 2.60. The third-order valence-corrected chi connectivity index (χ3v) is 7.23. The number of imide groups is 1. The van der Waals surface area contributed by atoms with Crippen molar-refractivity contribution in [2.45, 2.75) is 6.42 Å². The number of methoxy groups -OCH3 is 1. The number of benzene rings is 1. The Labute approximate surface area is 182 Å². The number of ether oxygens (including phenoxy) is 1. The van der Waals surface area contributed by atoms with Gasteiger partial charge in [-0.3, -0.25) is 19.7 Å². The zero-order chi connectivity index (χ0) is 22.1. The normalized spacial score (nSPS) is 31.8. The van der Waals surface area contributed by atoms with Crippen LogP contribution in [-0.4, -0.2) is 35.1 Å². The van der Waals surface area contributed by atoms with Crippen LogP contribution >= 0.6 is 0 Å². The Hall–Kier alpha value is -3.75. The number of non-ortho nitro benzene ring substituents is 1. The van der Waals surface area contributed by atoms with Crippen molar-refractivity contribution in [3.05, 3.63) is 58.4 Å². The summed E-state index contributed by atoms with van der Waals surface area (Å²) in [6, 6.07) is 7.47. The first-order chi connectivity index (χ1) is 15.5. The maximum absolute atomic E-state index is 13.0. The minimum atomic E-state index is -0.496.